The first kappa shape index (κ1) is 30.4. The molecule has 0 amide bonds. The molecule has 0 saturated heterocycles. The molecule has 0 radical (unpaired) electrons. The molecule has 1 aromatic heterocycles. The van der Waals surface area contributed by atoms with Gasteiger partial charge in [-0.3, -0.25) is 4.99 Å². The van der Waals surface area contributed by atoms with Gasteiger partial charge in [-0.1, -0.05) is 117 Å². The van der Waals surface area contributed by atoms with Gasteiger partial charge in [0.1, 0.15) is 23.0 Å². The van der Waals surface area contributed by atoms with Crippen LogP contribution in [0.4, 0.5) is 0 Å². The minimum absolute atomic E-state index is 0.0401. The van der Waals surface area contributed by atoms with Gasteiger partial charge in [-0.15, -0.1) is 0 Å². The van der Waals surface area contributed by atoms with Gasteiger partial charge in [-0.25, -0.2) is 4.99 Å². The normalized spacial score (nSPS) is 20.8. The van der Waals surface area contributed by atoms with E-state index in [9.17, 15) is 0 Å². The van der Waals surface area contributed by atoms with Crippen LogP contribution in [0.3, 0.4) is 0 Å². The van der Waals surface area contributed by atoms with Gasteiger partial charge in [0.15, 0.2) is 5.84 Å². The van der Waals surface area contributed by atoms with Crippen LogP contribution in [0.15, 0.2) is 172 Å². The minimum atomic E-state index is -0.106. The van der Waals surface area contributed by atoms with Crippen LogP contribution in [-0.2, 0) is 5.41 Å². The smallest absolute Gasteiger partial charge is 0.155 e. The molecule has 2 aliphatic heterocycles. The van der Waals surface area contributed by atoms with Crippen LogP contribution < -0.4 is 4.74 Å². The maximum absolute atomic E-state index is 6.43. The summed E-state index contributed by atoms with van der Waals surface area (Å²) >= 11 is 0. The molecule has 4 aliphatic rings. The number of aliphatic imine (C=N–C) groups is 2. The SMILES string of the molecule is CC1(C)C2=CC3Oc4ccccc4C3C=C2c2cc(-c3cccc(C4=NC(c5ccccc5)CC(c5ccc6oc7ccccc7c6c5)=N4)c3)ccc21. The largest absolute Gasteiger partial charge is 0.485 e. The van der Waals surface area contributed by atoms with E-state index in [-0.39, 0.29) is 23.5 Å². The van der Waals surface area contributed by atoms with E-state index in [1.165, 1.54) is 39.0 Å². The quantitative estimate of drug-likeness (QED) is 0.185. The Kier molecular flexibility index (Phi) is 6.52. The summed E-state index contributed by atoms with van der Waals surface area (Å²) in [6, 6.07) is 49.4. The van der Waals surface area contributed by atoms with E-state index < -0.39 is 0 Å². The summed E-state index contributed by atoms with van der Waals surface area (Å²) in [4.78, 5) is 10.6. The van der Waals surface area contributed by atoms with Crippen molar-refractivity contribution in [3.8, 4) is 16.9 Å². The highest BCUT2D eigenvalue weighted by atomic mass is 16.5. The van der Waals surface area contributed by atoms with Crippen LogP contribution >= 0.6 is 0 Å². The summed E-state index contributed by atoms with van der Waals surface area (Å²) in [6.07, 6.45) is 5.60. The van der Waals surface area contributed by atoms with Gasteiger partial charge in [0.2, 0.25) is 0 Å². The second-order valence-electron chi connectivity index (χ2n) is 15.2. The van der Waals surface area contributed by atoms with Crippen LogP contribution in [0.1, 0.15) is 65.6 Å². The van der Waals surface area contributed by atoms with E-state index >= 15 is 0 Å². The van der Waals surface area contributed by atoms with Gasteiger partial charge in [-0.05, 0) is 93.1 Å². The van der Waals surface area contributed by atoms with E-state index in [0.29, 0.717) is 0 Å². The standard InChI is InChI=1S/C49H36N2O2/c1-49(2)40-21-19-31(24-36(40)37-26-39-35-16-7-9-18-45(35)53-47(39)27-41(37)49)30-13-10-14-33(23-30)48-50-42(29-11-4-3-5-12-29)28-43(51-48)32-20-22-46-38(25-32)34-15-6-8-17-44(34)52-46/h3-27,39,42,47H,28H2,1-2H3. The van der Waals surface area contributed by atoms with Gasteiger partial charge >= 0.3 is 0 Å². The van der Waals surface area contributed by atoms with E-state index in [4.69, 9.17) is 19.1 Å². The second-order valence-corrected chi connectivity index (χ2v) is 15.2. The summed E-state index contributed by atoms with van der Waals surface area (Å²) in [5.74, 6) is 1.98. The van der Waals surface area contributed by atoms with Crippen molar-refractivity contribution in [2.45, 2.75) is 43.7 Å². The van der Waals surface area contributed by atoms with Gasteiger partial charge in [-0.2, -0.15) is 0 Å². The predicted octanol–water partition coefficient (Wildman–Crippen LogP) is 11.8. The topological polar surface area (TPSA) is 47.1 Å². The first-order valence-electron chi connectivity index (χ1n) is 18.6. The molecule has 0 spiro atoms. The highest BCUT2D eigenvalue weighted by molar-refractivity contribution is 6.16. The lowest BCUT2D eigenvalue weighted by atomic mass is 9.77. The zero-order chi connectivity index (χ0) is 35.3. The maximum atomic E-state index is 6.43. The molecule has 7 aromatic rings. The van der Waals surface area contributed by atoms with E-state index in [1.807, 2.05) is 12.1 Å². The lowest BCUT2D eigenvalue weighted by Crippen LogP contribution is -2.23. The highest BCUT2D eigenvalue weighted by Gasteiger charge is 2.44. The van der Waals surface area contributed by atoms with Crippen molar-refractivity contribution in [3.05, 3.63) is 191 Å². The molecule has 4 heteroatoms. The molecule has 2 aliphatic carbocycles. The van der Waals surface area contributed by atoms with Gasteiger partial charge in [0.05, 0.1) is 11.8 Å². The molecule has 254 valence electrons. The Hall–Kier alpha value is -6.26. The number of nitrogens with zero attached hydrogens (tertiary/aromatic N) is 2. The molecule has 3 atom stereocenters. The van der Waals surface area contributed by atoms with Crippen molar-refractivity contribution in [2.24, 2.45) is 9.98 Å². The second kappa shape index (κ2) is 11.4. The molecule has 11 rings (SSSR count). The van der Waals surface area contributed by atoms with Crippen molar-refractivity contribution in [1.29, 1.82) is 0 Å². The summed E-state index contributed by atoms with van der Waals surface area (Å²) < 4.78 is 12.6. The van der Waals surface area contributed by atoms with Crippen molar-refractivity contribution in [2.75, 3.05) is 0 Å². The number of hydrogen-bond donors (Lipinski definition) is 0. The van der Waals surface area contributed by atoms with Crippen molar-refractivity contribution in [3.63, 3.8) is 0 Å². The lowest BCUT2D eigenvalue weighted by Gasteiger charge is -2.27. The number of benzene rings is 6. The Morgan fingerprint density at radius 2 is 1.42 bits per heavy atom. The average Bonchev–Trinajstić information content (AvgIpc) is 3.84. The number of para-hydroxylation sites is 2. The fourth-order valence-electron chi connectivity index (χ4n) is 9.03. The number of hydrogen-bond acceptors (Lipinski definition) is 4. The molecule has 0 fully saturated rings. The first-order chi connectivity index (χ1) is 26.0. The molecule has 4 nitrogen and oxygen atoms in total. The third-order valence-electron chi connectivity index (χ3n) is 11.8. The molecule has 3 unspecified atom stereocenters. The molecular weight excluding hydrogens is 649 g/mol. The molecule has 0 bridgehead atoms. The third kappa shape index (κ3) is 4.75. The number of rotatable bonds is 4. The van der Waals surface area contributed by atoms with Crippen LogP contribution in [0.5, 0.6) is 5.75 Å². The fraction of sp³-hybridized carbons (Fsp3) is 0.143. The van der Waals surface area contributed by atoms with Gasteiger partial charge < -0.3 is 9.15 Å². The van der Waals surface area contributed by atoms with Crippen molar-refractivity contribution in [1.82, 2.24) is 0 Å². The highest BCUT2D eigenvalue weighted by Crippen LogP contribution is 2.56. The summed E-state index contributed by atoms with van der Waals surface area (Å²) in [5, 5.41) is 2.22. The van der Waals surface area contributed by atoms with E-state index in [1.54, 1.807) is 0 Å². The van der Waals surface area contributed by atoms with Crippen molar-refractivity contribution >= 4 is 39.1 Å². The molecule has 0 saturated carbocycles. The fourth-order valence-corrected chi connectivity index (χ4v) is 9.03. The number of furan rings is 1. The minimum Gasteiger partial charge on any atom is -0.485 e. The van der Waals surface area contributed by atoms with Gasteiger partial charge in [0.25, 0.3) is 0 Å². The lowest BCUT2D eigenvalue weighted by molar-refractivity contribution is 0.267. The molecule has 53 heavy (non-hydrogen) atoms. The van der Waals surface area contributed by atoms with Gasteiger partial charge in [0, 0.05) is 39.7 Å². The van der Waals surface area contributed by atoms with Crippen LogP contribution in [-0.4, -0.2) is 17.7 Å². The first-order valence-corrected chi connectivity index (χ1v) is 18.6. The van der Waals surface area contributed by atoms with Crippen molar-refractivity contribution < 1.29 is 9.15 Å². The van der Waals surface area contributed by atoms with Crippen LogP contribution in [0.25, 0.3) is 38.6 Å². The number of amidine groups is 1. The third-order valence-corrected chi connectivity index (χ3v) is 11.8. The Morgan fingerprint density at radius 1 is 0.642 bits per heavy atom. The molecular formula is C49H36N2O2. The maximum Gasteiger partial charge on any atom is 0.155 e. The predicted molar refractivity (Wildman–Crippen MR) is 215 cm³/mol. The summed E-state index contributed by atoms with van der Waals surface area (Å²) in [7, 11) is 0. The summed E-state index contributed by atoms with van der Waals surface area (Å²) in [6.45, 7) is 4.68. The van der Waals surface area contributed by atoms with Crippen LogP contribution in [0.2, 0.25) is 0 Å². The molecule has 6 aromatic carbocycles. The Labute approximate surface area is 308 Å². The van der Waals surface area contributed by atoms with E-state index in [0.717, 1.165) is 62.3 Å². The van der Waals surface area contributed by atoms with E-state index in [2.05, 4.69) is 153 Å². The molecule has 0 N–H and O–H groups in total. The average molecular weight is 685 g/mol. The zero-order valence-electron chi connectivity index (χ0n) is 29.6. The van der Waals surface area contributed by atoms with Crippen LogP contribution in [0, 0.1) is 0 Å². The number of ether oxygens (including phenoxy) is 1. The summed E-state index contributed by atoms with van der Waals surface area (Å²) in [5.41, 5.74) is 15.0. The number of fused-ring (bicyclic) bond motifs is 9. The Bertz CT molecular complexity index is 2780. The zero-order valence-corrected chi connectivity index (χ0v) is 29.6. The Balaban J connectivity index is 0.994. The Morgan fingerprint density at radius 3 is 2.34 bits per heavy atom. The monoisotopic (exact) mass is 684 g/mol. The molecule has 3 heterocycles. The number of allylic oxidation sites excluding steroid dienone is 2.